The molecule has 2 nitrogen and oxygen atoms in total. The van der Waals surface area contributed by atoms with Crippen LogP contribution in [0.15, 0.2) is 182 Å². The van der Waals surface area contributed by atoms with Crippen molar-refractivity contribution in [2.24, 2.45) is 0 Å². The fourth-order valence-corrected chi connectivity index (χ4v) is 10.5. The highest BCUT2D eigenvalue weighted by Crippen LogP contribution is 2.54. The second-order valence-corrected chi connectivity index (χ2v) is 17.8. The first-order valence-electron chi connectivity index (χ1n) is 21.1. The molecule has 0 spiro atoms. The third kappa shape index (κ3) is 5.07. The van der Waals surface area contributed by atoms with Gasteiger partial charge in [0.2, 0.25) is 0 Å². The highest BCUT2D eigenvalue weighted by atomic mass is 14.9. The summed E-state index contributed by atoms with van der Waals surface area (Å²) in [5.74, 6) is 0.720. The molecular weight excluding hydrogens is 725 g/mol. The topological polar surface area (TPSA) is 25.8 Å². The van der Waals surface area contributed by atoms with Crippen LogP contribution in [-0.2, 0) is 10.8 Å². The van der Waals surface area contributed by atoms with Crippen molar-refractivity contribution in [1.82, 2.24) is 9.97 Å². The van der Waals surface area contributed by atoms with Crippen molar-refractivity contribution in [3.05, 3.63) is 204 Å². The lowest BCUT2D eigenvalue weighted by atomic mass is 9.81. The maximum atomic E-state index is 5.34. The Balaban J connectivity index is 1.03. The summed E-state index contributed by atoms with van der Waals surface area (Å²) in [6.07, 6.45) is 0. The standard InChI is InChI=1S/C58H42N2/c1-57(2)49-24-14-23-46(55(49)48-30-37-18-9-11-20-39(37)32-52(48)57)43-27-28-45(42-22-13-12-21-41(42)43)54-34-53(59-56(60-54)35-15-6-5-7-16-35)40-25-26-44-47-29-36-17-8-10-19-38(36)31-51(47)58(3,4)50(44)33-40/h5-34H,1-4H3. The van der Waals surface area contributed by atoms with Crippen LogP contribution in [0.25, 0.3) is 99.6 Å². The normalized spacial score (nSPS) is 14.3. The van der Waals surface area contributed by atoms with Crippen molar-refractivity contribution in [3.63, 3.8) is 0 Å². The monoisotopic (exact) mass is 766 g/mol. The number of nitrogens with zero attached hydrogens (tertiary/aromatic N) is 2. The zero-order valence-corrected chi connectivity index (χ0v) is 34.2. The first kappa shape index (κ1) is 34.8. The van der Waals surface area contributed by atoms with Crippen LogP contribution >= 0.6 is 0 Å². The Hall–Kier alpha value is -7.16. The van der Waals surface area contributed by atoms with Gasteiger partial charge in [-0.2, -0.15) is 0 Å². The van der Waals surface area contributed by atoms with Crippen LogP contribution < -0.4 is 0 Å². The van der Waals surface area contributed by atoms with Crippen molar-refractivity contribution in [3.8, 4) is 67.3 Å². The first-order chi connectivity index (χ1) is 29.2. The van der Waals surface area contributed by atoms with E-state index >= 15 is 0 Å². The van der Waals surface area contributed by atoms with Gasteiger partial charge in [0, 0.05) is 27.5 Å². The minimum Gasteiger partial charge on any atom is -0.228 e. The Bertz CT molecular complexity index is 3430. The van der Waals surface area contributed by atoms with Crippen LogP contribution in [0.4, 0.5) is 0 Å². The van der Waals surface area contributed by atoms with Crippen LogP contribution in [0.3, 0.4) is 0 Å². The molecule has 1 aromatic heterocycles. The average molecular weight is 767 g/mol. The van der Waals surface area contributed by atoms with Crippen molar-refractivity contribution in [2.45, 2.75) is 38.5 Å². The molecule has 0 saturated heterocycles. The summed E-state index contributed by atoms with van der Waals surface area (Å²) in [4.78, 5) is 10.6. The molecule has 0 N–H and O–H groups in total. The van der Waals surface area contributed by atoms with E-state index in [4.69, 9.17) is 9.97 Å². The summed E-state index contributed by atoms with van der Waals surface area (Å²) < 4.78 is 0. The molecule has 10 aromatic rings. The highest BCUT2D eigenvalue weighted by molar-refractivity contribution is 6.09. The van der Waals surface area contributed by atoms with E-state index in [1.54, 1.807) is 0 Å². The molecule has 2 heteroatoms. The van der Waals surface area contributed by atoms with Gasteiger partial charge in [-0.25, -0.2) is 9.97 Å². The maximum Gasteiger partial charge on any atom is 0.160 e. The quantitative estimate of drug-likeness (QED) is 0.178. The maximum absolute atomic E-state index is 5.34. The lowest BCUT2D eigenvalue weighted by Gasteiger charge is -2.22. The zero-order chi connectivity index (χ0) is 40.3. The van der Waals surface area contributed by atoms with Gasteiger partial charge in [0.15, 0.2) is 5.82 Å². The van der Waals surface area contributed by atoms with Crippen LogP contribution in [0.5, 0.6) is 0 Å². The van der Waals surface area contributed by atoms with Gasteiger partial charge < -0.3 is 0 Å². The zero-order valence-electron chi connectivity index (χ0n) is 34.2. The largest absolute Gasteiger partial charge is 0.228 e. The minimum atomic E-state index is -0.157. The molecule has 1 heterocycles. The summed E-state index contributed by atoms with van der Waals surface area (Å²) in [6, 6.07) is 66.9. The Morgan fingerprint density at radius 1 is 0.317 bits per heavy atom. The SMILES string of the molecule is CC1(C)c2cc(-c3cc(-c4ccc(-c5cccc6c5-c5cc7ccccc7cc5C6(C)C)c5ccccc45)nc(-c4ccccc4)n3)ccc2-c2cc3ccccc3cc21. The molecule has 2 aliphatic rings. The summed E-state index contributed by atoms with van der Waals surface area (Å²) in [5.41, 5.74) is 18.0. The summed E-state index contributed by atoms with van der Waals surface area (Å²) >= 11 is 0. The fraction of sp³-hybridized carbons (Fsp3) is 0.103. The van der Waals surface area contributed by atoms with Crippen molar-refractivity contribution >= 4 is 32.3 Å². The smallest absolute Gasteiger partial charge is 0.160 e. The molecule has 0 atom stereocenters. The molecule has 284 valence electrons. The number of fused-ring (bicyclic) bond motifs is 9. The highest BCUT2D eigenvalue weighted by Gasteiger charge is 2.38. The van der Waals surface area contributed by atoms with E-state index in [0.717, 1.165) is 33.9 Å². The van der Waals surface area contributed by atoms with Gasteiger partial charge in [0.1, 0.15) is 0 Å². The van der Waals surface area contributed by atoms with Crippen molar-refractivity contribution < 1.29 is 0 Å². The third-order valence-corrected chi connectivity index (χ3v) is 13.7. The van der Waals surface area contributed by atoms with Gasteiger partial charge in [0.05, 0.1) is 11.4 Å². The number of aromatic nitrogens is 2. The molecule has 60 heavy (non-hydrogen) atoms. The molecule has 0 saturated carbocycles. The molecule has 2 aliphatic carbocycles. The number of hydrogen-bond donors (Lipinski definition) is 0. The first-order valence-corrected chi connectivity index (χ1v) is 21.1. The van der Waals surface area contributed by atoms with Crippen LogP contribution in [-0.4, -0.2) is 9.97 Å². The average Bonchev–Trinajstić information content (AvgIpc) is 3.65. The molecule has 0 bridgehead atoms. The Morgan fingerprint density at radius 3 is 1.57 bits per heavy atom. The second kappa shape index (κ2) is 12.7. The molecule has 9 aromatic carbocycles. The number of rotatable bonds is 4. The van der Waals surface area contributed by atoms with Crippen LogP contribution in [0, 0.1) is 0 Å². The predicted octanol–water partition coefficient (Wildman–Crippen LogP) is 15.2. The molecule has 0 unspecified atom stereocenters. The predicted molar refractivity (Wildman–Crippen MR) is 251 cm³/mol. The molecular formula is C58H42N2. The summed E-state index contributed by atoms with van der Waals surface area (Å²) in [5, 5.41) is 7.49. The van der Waals surface area contributed by atoms with E-state index in [0.29, 0.717) is 0 Å². The van der Waals surface area contributed by atoms with Gasteiger partial charge in [-0.1, -0.05) is 173 Å². The van der Waals surface area contributed by atoms with E-state index < -0.39 is 0 Å². The molecule has 0 aliphatic heterocycles. The molecule has 0 fully saturated rings. The van der Waals surface area contributed by atoms with Gasteiger partial charge in [-0.15, -0.1) is 0 Å². The fourth-order valence-electron chi connectivity index (χ4n) is 10.5. The van der Waals surface area contributed by atoms with Crippen molar-refractivity contribution in [2.75, 3.05) is 0 Å². The lowest BCUT2D eigenvalue weighted by Crippen LogP contribution is -2.15. The second-order valence-electron chi connectivity index (χ2n) is 17.8. The van der Waals surface area contributed by atoms with Gasteiger partial charge in [-0.3, -0.25) is 0 Å². The van der Waals surface area contributed by atoms with E-state index in [9.17, 15) is 0 Å². The Labute approximate surface area is 350 Å². The number of benzene rings is 9. The van der Waals surface area contributed by atoms with Gasteiger partial charge in [0.25, 0.3) is 0 Å². The molecule has 12 rings (SSSR count). The molecule has 0 amide bonds. The molecule has 0 radical (unpaired) electrons. The lowest BCUT2D eigenvalue weighted by molar-refractivity contribution is 0.661. The Morgan fingerprint density at radius 2 is 0.850 bits per heavy atom. The third-order valence-electron chi connectivity index (χ3n) is 13.7. The van der Waals surface area contributed by atoms with Gasteiger partial charge in [-0.05, 0) is 124 Å². The summed E-state index contributed by atoms with van der Waals surface area (Å²) in [7, 11) is 0. The van der Waals surface area contributed by atoms with E-state index in [2.05, 4.69) is 204 Å². The van der Waals surface area contributed by atoms with Gasteiger partial charge >= 0.3 is 0 Å². The minimum absolute atomic E-state index is 0.116. The van der Waals surface area contributed by atoms with E-state index in [1.165, 1.54) is 88.0 Å². The van der Waals surface area contributed by atoms with Crippen molar-refractivity contribution in [1.29, 1.82) is 0 Å². The van der Waals surface area contributed by atoms with Crippen LogP contribution in [0.1, 0.15) is 49.9 Å². The summed E-state index contributed by atoms with van der Waals surface area (Å²) in [6.45, 7) is 9.46. The Kier molecular flexibility index (Phi) is 7.36. The van der Waals surface area contributed by atoms with E-state index in [1.807, 2.05) is 6.07 Å². The van der Waals surface area contributed by atoms with E-state index in [-0.39, 0.29) is 10.8 Å². The number of hydrogen-bond acceptors (Lipinski definition) is 2. The van der Waals surface area contributed by atoms with Crippen LogP contribution in [0.2, 0.25) is 0 Å².